The molecule has 0 amide bonds. The fourth-order valence-electron chi connectivity index (χ4n) is 1.80. The van der Waals surface area contributed by atoms with Crippen molar-refractivity contribution < 1.29 is 13.2 Å². The molecule has 118 valence electrons. The molecular formula is C15H22F3N3. The first kappa shape index (κ1) is 17.3. The normalized spacial score (nSPS) is 12.4. The lowest BCUT2D eigenvalue weighted by molar-refractivity contribution is -0.132. The molecule has 6 heteroatoms. The lowest BCUT2D eigenvalue weighted by Crippen LogP contribution is -2.38. The Kier molecular flexibility index (Phi) is 6.52. The predicted molar refractivity (Wildman–Crippen MR) is 79.3 cm³/mol. The molecule has 0 heterocycles. The summed E-state index contributed by atoms with van der Waals surface area (Å²) in [6.07, 6.45) is -5.07. The van der Waals surface area contributed by atoms with E-state index in [0.29, 0.717) is 19.0 Å². The minimum absolute atomic E-state index is 0.260. The number of hydrogen-bond donors (Lipinski definition) is 1. The summed E-state index contributed by atoms with van der Waals surface area (Å²) in [4.78, 5) is 5.85. The molecular weight excluding hydrogens is 279 g/mol. The van der Waals surface area contributed by atoms with Gasteiger partial charge in [0.25, 0.3) is 0 Å². The Labute approximate surface area is 123 Å². The van der Waals surface area contributed by atoms with E-state index in [1.165, 1.54) is 5.56 Å². The van der Waals surface area contributed by atoms with Gasteiger partial charge in [0.05, 0.1) is 13.0 Å². The van der Waals surface area contributed by atoms with Gasteiger partial charge in [0, 0.05) is 20.1 Å². The van der Waals surface area contributed by atoms with Crippen molar-refractivity contribution in [1.82, 2.24) is 10.2 Å². The van der Waals surface area contributed by atoms with Gasteiger partial charge in [-0.2, -0.15) is 13.2 Å². The molecule has 0 aromatic heterocycles. The van der Waals surface area contributed by atoms with Crippen molar-refractivity contribution in [2.75, 3.05) is 20.1 Å². The number of guanidine groups is 1. The van der Waals surface area contributed by atoms with Crippen molar-refractivity contribution in [3.63, 3.8) is 0 Å². The fourth-order valence-corrected chi connectivity index (χ4v) is 1.80. The Morgan fingerprint density at radius 2 is 1.86 bits per heavy atom. The Hall–Kier alpha value is -1.72. The number of alkyl halides is 3. The highest BCUT2D eigenvalue weighted by molar-refractivity contribution is 5.79. The third-order valence-corrected chi connectivity index (χ3v) is 2.89. The summed E-state index contributed by atoms with van der Waals surface area (Å²) < 4.78 is 36.5. The Morgan fingerprint density at radius 1 is 1.24 bits per heavy atom. The summed E-state index contributed by atoms with van der Waals surface area (Å²) >= 11 is 0. The SMILES string of the molecule is CCNC(=NCCC(F)(F)F)N(C)Cc1ccc(C)cc1. The molecule has 1 rings (SSSR count). The lowest BCUT2D eigenvalue weighted by Gasteiger charge is -2.22. The number of benzene rings is 1. The largest absolute Gasteiger partial charge is 0.390 e. The van der Waals surface area contributed by atoms with Gasteiger partial charge >= 0.3 is 6.18 Å². The molecule has 0 unspecified atom stereocenters. The van der Waals surface area contributed by atoms with Crippen LogP contribution in [0.15, 0.2) is 29.3 Å². The van der Waals surface area contributed by atoms with Crippen LogP contribution < -0.4 is 5.32 Å². The van der Waals surface area contributed by atoms with Gasteiger partial charge in [0.2, 0.25) is 0 Å². The molecule has 0 aliphatic carbocycles. The second-order valence-electron chi connectivity index (χ2n) is 4.94. The third kappa shape index (κ3) is 7.02. The van der Waals surface area contributed by atoms with Crippen LogP contribution in [0.5, 0.6) is 0 Å². The molecule has 0 aliphatic rings. The molecule has 0 bridgehead atoms. The van der Waals surface area contributed by atoms with E-state index in [0.717, 1.165) is 5.56 Å². The van der Waals surface area contributed by atoms with E-state index in [4.69, 9.17) is 0 Å². The molecule has 1 aromatic rings. The first-order valence-corrected chi connectivity index (χ1v) is 6.93. The maximum atomic E-state index is 12.2. The highest BCUT2D eigenvalue weighted by Crippen LogP contribution is 2.19. The zero-order valence-electron chi connectivity index (χ0n) is 12.7. The molecule has 0 fully saturated rings. The number of hydrogen-bond acceptors (Lipinski definition) is 1. The Morgan fingerprint density at radius 3 is 2.38 bits per heavy atom. The summed E-state index contributed by atoms with van der Waals surface area (Å²) in [6, 6.07) is 8.03. The van der Waals surface area contributed by atoms with Crippen molar-refractivity contribution in [2.24, 2.45) is 4.99 Å². The maximum Gasteiger partial charge on any atom is 0.390 e. The van der Waals surface area contributed by atoms with E-state index in [1.807, 2.05) is 50.1 Å². The zero-order chi connectivity index (χ0) is 15.9. The van der Waals surface area contributed by atoms with Crippen molar-refractivity contribution in [3.8, 4) is 0 Å². The minimum atomic E-state index is -4.17. The molecule has 3 nitrogen and oxygen atoms in total. The number of aryl methyl sites for hydroxylation is 1. The first-order chi connectivity index (χ1) is 9.81. The second kappa shape index (κ2) is 7.90. The summed E-state index contributed by atoms with van der Waals surface area (Å²) in [6.45, 7) is 4.85. The standard InChI is InChI=1S/C15H22F3N3/c1-4-19-14(20-10-9-15(16,17)18)21(3)11-13-7-5-12(2)6-8-13/h5-8H,4,9-11H2,1-3H3,(H,19,20). The van der Waals surface area contributed by atoms with Crippen LogP contribution in [0.2, 0.25) is 0 Å². The van der Waals surface area contributed by atoms with Crippen LogP contribution in [0.1, 0.15) is 24.5 Å². The monoisotopic (exact) mass is 301 g/mol. The van der Waals surface area contributed by atoms with Crippen molar-refractivity contribution in [2.45, 2.75) is 33.0 Å². The Balaban J connectivity index is 2.65. The van der Waals surface area contributed by atoms with Gasteiger partial charge in [-0.3, -0.25) is 4.99 Å². The molecule has 0 radical (unpaired) electrons. The predicted octanol–water partition coefficient (Wildman–Crippen LogP) is 3.34. The molecule has 0 saturated carbocycles. The van der Waals surface area contributed by atoms with Gasteiger partial charge < -0.3 is 10.2 Å². The zero-order valence-corrected chi connectivity index (χ0v) is 12.7. The average Bonchev–Trinajstić information content (AvgIpc) is 2.39. The topological polar surface area (TPSA) is 27.6 Å². The number of halogens is 3. The first-order valence-electron chi connectivity index (χ1n) is 6.93. The molecule has 0 spiro atoms. The van der Waals surface area contributed by atoms with Crippen LogP contribution in [0.25, 0.3) is 0 Å². The van der Waals surface area contributed by atoms with Crippen LogP contribution in [0.4, 0.5) is 13.2 Å². The highest BCUT2D eigenvalue weighted by atomic mass is 19.4. The number of aliphatic imine (C=N–C) groups is 1. The third-order valence-electron chi connectivity index (χ3n) is 2.89. The van der Waals surface area contributed by atoms with Crippen LogP contribution in [-0.2, 0) is 6.54 Å². The van der Waals surface area contributed by atoms with Crippen LogP contribution >= 0.6 is 0 Å². The van der Waals surface area contributed by atoms with Gasteiger partial charge in [-0.1, -0.05) is 29.8 Å². The van der Waals surface area contributed by atoms with E-state index in [2.05, 4.69) is 10.3 Å². The lowest BCUT2D eigenvalue weighted by atomic mass is 10.1. The van der Waals surface area contributed by atoms with Gasteiger partial charge in [-0.15, -0.1) is 0 Å². The molecule has 0 aliphatic heterocycles. The van der Waals surface area contributed by atoms with Crippen molar-refractivity contribution >= 4 is 5.96 Å². The number of nitrogens with zero attached hydrogens (tertiary/aromatic N) is 2. The maximum absolute atomic E-state index is 12.2. The van der Waals surface area contributed by atoms with Crippen LogP contribution in [-0.4, -0.2) is 37.2 Å². The minimum Gasteiger partial charge on any atom is -0.357 e. The van der Waals surface area contributed by atoms with Gasteiger partial charge in [-0.25, -0.2) is 0 Å². The highest BCUT2D eigenvalue weighted by Gasteiger charge is 2.26. The Bertz CT molecular complexity index is 452. The van der Waals surface area contributed by atoms with E-state index in [9.17, 15) is 13.2 Å². The van der Waals surface area contributed by atoms with Crippen molar-refractivity contribution in [3.05, 3.63) is 35.4 Å². The summed E-state index contributed by atoms with van der Waals surface area (Å²) in [5, 5.41) is 3.01. The average molecular weight is 301 g/mol. The summed E-state index contributed by atoms with van der Waals surface area (Å²) in [5.41, 5.74) is 2.26. The second-order valence-corrected chi connectivity index (χ2v) is 4.94. The number of nitrogens with one attached hydrogen (secondary N) is 1. The molecule has 21 heavy (non-hydrogen) atoms. The molecule has 1 aromatic carbocycles. The van der Waals surface area contributed by atoms with Crippen LogP contribution in [0.3, 0.4) is 0 Å². The van der Waals surface area contributed by atoms with Gasteiger partial charge in [0.1, 0.15) is 0 Å². The quantitative estimate of drug-likeness (QED) is 0.667. The fraction of sp³-hybridized carbons (Fsp3) is 0.533. The smallest absolute Gasteiger partial charge is 0.357 e. The van der Waals surface area contributed by atoms with Crippen LogP contribution in [0, 0.1) is 6.92 Å². The van der Waals surface area contributed by atoms with Gasteiger partial charge in [0.15, 0.2) is 5.96 Å². The summed E-state index contributed by atoms with van der Waals surface area (Å²) in [5.74, 6) is 0.488. The van der Waals surface area contributed by atoms with E-state index in [1.54, 1.807) is 0 Å². The molecule has 1 N–H and O–H groups in total. The van der Waals surface area contributed by atoms with E-state index >= 15 is 0 Å². The molecule has 0 atom stereocenters. The molecule has 0 saturated heterocycles. The van der Waals surface area contributed by atoms with Gasteiger partial charge in [-0.05, 0) is 19.4 Å². The number of rotatable bonds is 5. The van der Waals surface area contributed by atoms with Crippen molar-refractivity contribution in [1.29, 1.82) is 0 Å². The van der Waals surface area contributed by atoms with E-state index < -0.39 is 12.6 Å². The summed E-state index contributed by atoms with van der Waals surface area (Å²) in [7, 11) is 1.81. The van der Waals surface area contributed by atoms with E-state index in [-0.39, 0.29) is 6.54 Å².